The highest BCUT2D eigenvalue weighted by Crippen LogP contribution is 2.33. The number of halogens is 3. The van der Waals surface area contributed by atoms with E-state index in [2.05, 4.69) is 9.80 Å². The third-order valence-electron chi connectivity index (χ3n) is 4.34. The van der Waals surface area contributed by atoms with Crippen molar-refractivity contribution in [3.8, 4) is 0 Å². The van der Waals surface area contributed by atoms with Gasteiger partial charge >= 0.3 is 6.18 Å². The standard InChI is InChI=1S/C16H21F3N2/c1-12-8-14(16(17,18)19)10-15(9-12)21-6-4-20(5-7-21)11-13-2-3-13/h8-10,13H,2-7,11H2,1H3. The number of hydrogen-bond acceptors (Lipinski definition) is 2. The molecule has 1 saturated carbocycles. The predicted octanol–water partition coefficient (Wildman–Crippen LogP) is 3.55. The average molecular weight is 298 g/mol. The molecule has 0 N–H and O–H groups in total. The summed E-state index contributed by atoms with van der Waals surface area (Å²) in [6.07, 6.45) is -1.59. The van der Waals surface area contributed by atoms with Gasteiger partial charge in [0.15, 0.2) is 0 Å². The second-order valence-electron chi connectivity index (χ2n) is 6.29. The number of aryl methyl sites for hydroxylation is 1. The molecule has 0 amide bonds. The van der Waals surface area contributed by atoms with Crippen molar-refractivity contribution in [2.24, 2.45) is 5.92 Å². The summed E-state index contributed by atoms with van der Waals surface area (Å²) < 4.78 is 38.7. The van der Waals surface area contributed by atoms with Crippen molar-refractivity contribution >= 4 is 5.69 Å². The fourth-order valence-corrected chi connectivity index (χ4v) is 2.96. The van der Waals surface area contributed by atoms with Gasteiger partial charge < -0.3 is 4.90 Å². The molecule has 1 aliphatic carbocycles. The average Bonchev–Trinajstić information content (AvgIpc) is 3.22. The van der Waals surface area contributed by atoms with Crippen LogP contribution in [0.15, 0.2) is 18.2 Å². The first-order valence-electron chi connectivity index (χ1n) is 7.58. The highest BCUT2D eigenvalue weighted by atomic mass is 19.4. The predicted molar refractivity (Wildman–Crippen MR) is 77.6 cm³/mol. The molecule has 2 aliphatic rings. The smallest absolute Gasteiger partial charge is 0.369 e. The summed E-state index contributed by atoms with van der Waals surface area (Å²) in [5, 5.41) is 0. The molecule has 0 spiro atoms. The topological polar surface area (TPSA) is 6.48 Å². The van der Waals surface area contributed by atoms with E-state index in [0.29, 0.717) is 11.3 Å². The zero-order chi connectivity index (χ0) is 15.0. The quantitative estimate of drug-likeness (QED) is 0.842. The summed E-state index contributed by atoms with van der Waals surface area (Å²) in [5.74, 6) is 0.868. The number of hydrogen-bond donors (Lipinski definition) is 0. The number of alkyl halides is 3. The number of rotatable bonds is 3. The van der Waals surface area contributed by atoms with Crippen LogP contribution in [0, 0.1) is 12.8 Å². The Balaban J connectivity index is 1.68. The molecular weight excluding hydrogens is 277 g/mol. The molecule has 1 saturated heterocycles. The molecule has 1 aromatic rings. The maximum Gasteiger partial charge on any atom is 0.416 e. The first-order valence-corrected chi connectivity index (χ1v) is 7.58. The Hall–Kier alpha value is -1.23. The van der Waals surface area contributed by atoms with Crippen LogP contribution in [0.4, 0.5) is 18.9 Å². The molecule has 0 atom stereocenters. The van der Waals surface area contributed by atoms with Crippen molar-refractivity contribution in [3.63, 3.8) is 0 Å². The Bertz CT molecular complexity index is 501. The maximum atomic E-state index is 12.9. The normalized spacial score (nSPS) is 20.9. The van der Waals surface area contributed by atoms with Gasteiger partial charge in [-0.15, -0.1) is 0 Å². The Morgan fingerprint density at radius 1 is 1.05 bits per heavy atom. The van der Waals surface area contributed by atoms with E-state index in [1.165, 1.54) is 25.0 Å². The van der Waals surface area contributed by atoms with Crippen LogP contribution in [0.5, 0.6) is 0 Å². The van der Waals surface area contributed by atoms with E-state index in [4.69, 9.17) is 0 Å². The van der Waals surface area contributed by atoms with Gasteiger partial charge in [-0.05, 0) is 49.4 Å². The van der Waals surface area contributed by atoms with Crippen LogP contribution in [0.1, 0.15) is 24.0 Å². The molecule has 116 valence electrons. The van der Waals surface area contributed by atoms with Crippen molar-refractivity contribution in [2.75, 3.05) is 37.6 Å². The summed E-state index contributed by atoms with van der Waals surface area (Å²) in [6, 6.07) is 4.35. The van der Waals surface area contributed by atoms with Gasteiger partial charge in [-0.2, -0.15) is 13.2 Å². The molecule has 21 heavy (non-hydrogen) atoms. The molecule has 1 heterocycles. The molecule has 0 aromatic heterocycles. The highest BCUT2D eigenvalue weighted by molar-refractivity contribution is 5.52. The Morgan fingerprint density at radius 3 is 2.29 bits per heavy atom. The molecular formula is C16H21F3N2. The van der Waals surface area contributed by atoms with Gasteiger partial charge in [0, 0.05) is 38.4 Å². The minimum Gasteiger partial charge on any atom is -0.369 e. The maximum absolute atomic E-state index is 12.9. The minimum absolute atomic E-state index is 0.544. The second-order valence-corrected chi connectivity index (χ2v) is 6.29. The van der Waals surface area contributed by atoms with E-state index in [-0.39, 0.29) is 0 Å². The molecule has 1 aromatic carbocycles. The van der Waals surface area contributed by atoms with Crippen LogP contribution in [0.3, 0.4) is 0 Å². The lowest BCUT2D eigenvalue weighted by Gasteiger charge is -2.36. The lowest BCUT2D eigenvalue weighted by Crippen LogP contribution is -2.47. The molecule has 0 unspecified atom stereocenters. The zero-order valence-corrected chi connectivity index (χ0v) is 12.3. The number of anilines is 1. The van der Waals surface area contributed by atoms with Crippen LogP contribution >= 0.6 is 0 Å². The fraction of sp³-hybridized carbons (Fsp3) is 0.625. The summed E-state index contributed by atoms with van der Waals surface area (Å²) >= 11 is 0. The summed E-state index contributed by atoms with van der Waals surface area (Å²) in [4.78, 5) is 4.51. The number of piperazine rings is 1. The summed E-state index contributed by atoms with van der Waals surface area (Å²) in [7, 11) is 0. The third kappa shape index (κ3) is 3.70. The zero-order valence-electron chi connectivity index (χ0n) is 12.3. The van der Waals surface area contributed by atoms with Crippen molar-refractivity contribution < 1.29 is 13.2 Å². The largest absolute Gasteiger partial charge is 0.416 e. The first-order chi connectivity index (χ1) is 9.91. The van der Waals surface area contributed by atoms with E-state index in [1.807, 2.05) is 6.07 Å². The minimum atomic E-state index is -4.27. The third-order valence-corrected chi connectivity index (χ3v) is 4.34. The number of benzene rings is 1. The van der Waals surface area contributed by atoms with Crippen LogP contribution < -0.4 is 4.90 Å². The van der Waals surface area contributed by atoms with Crippen LogP contribution in [-0.2, 0) is 6.18 Å². The van der Waals surface area contributed by atoms with E-state index in [0.717, 1.165) is 38.6 Å². The van der Waals surface area contributed by atoms with Gasteiger partial charge in [-0.3, -0.25) is 4.90 Å². The molecule has 5 heteroatoms. The Labute approximate surface area is 123 Å². The SMILES string of the molecule is Cc1cc(N2CCN(CC3CC3)CC2)cc(C(F)(F)F)c1. The monoisotopic (exact) mass is 298 g/mol. The molecule has 0 bridgehead atoms. The van der Waals surface area contributed by atoms with Crippen LogP contribution in [0.25, 0.3) is 0 Å². The summed E-state index contributed by atoms with van der Waals surface area (Å²) in [6.45, 7) is 6.41. The van der Waals surface area contributed by atoms with Crippen LogP contribution in [-0.4, -0.2) is 37.6 Å². The van der Waals surface area contributed by atoms with E-state index < -0.39 is 11.7 Å². The van der Waals surface area contributed by atoms with E-state index in [9.17, 15) is 13.2 Å². The molecule has 3 rings (SSSR count). The van der Waals surface area contributed by atoms with Gasteiger partial charge in [-0.1, -0.05) is 0 Å². The van der Waals surface area contributed by atoms with Gasteiger partial charge in [0.2, 0.25) is 0 Å². The Kier molecular flexibility index (Phi) is 3.86. The molecule has 1 aliphatic heterocycles. The highest BCUT2D eigenvalue weighted by Gasteiger charge is 2.32. The molecule has 0 radical (unpaired) electrons. The van der Waals surface area contributed by atoms with Gasteiger partial charge in [0.05, 0.1) is 5.56 Å². The van der Waals surface area contributed by atoms with Crippen LogP contribution in [0.2, 0.25) is 0 Å². The van der Waals surface area contributed by atoms with Gasteiger partial charge in [-0.25, -0.2) is 0 Å². The second kappa shape index (κ2) is 5.52. The summed E-state index contributed by atoms with van der Waals surface area (Å²) in [5.41, 5.74) is 0.826. The first kappa shape index (κ1) is 14.7. The van der Waals surface area contributed by atoms with E-state index >= 15 is 0 Å². The van der Waals surface area contributed by atoms with Crippen molar-refractivity contribution in [1.82, 2.24) is 4.90 Å². The molecule has 2 fully saturated rings. The lowest BCUT2D eigenvalue weighted by atomic mass is 10.1. The van der Waals surface area contributed by atoms with Crippen molar-refractivity contribution in [3.05, 3.63) is 29.3 Å². The van der Waals surface area contributed by atoms with E-state index in [1.54, 1.807) is 6.92 Å². The van der Waals surface area contributed by atoms with Gasteiger partial charge in [0.25, 0.3) is 0 Å². The fourth-order valence-electron chi connectivity index (χ4n) is 2.96. The Morgan fingerprint density at radius 2 is 1.71 bits per heavy atom. The lowest BCUT2D eigenvalue weighted by molar-refractivity contribution is -0.137. The van der Waals surface area contributed by atoms with Gasteiger partial charge in [0.1, 0.15) is 0 Å². The molecule has 2 nitrogen and oxygen atoms in total. The van der Waals surface area contributed by atoms with Crippen molar-refractivity contribution in [2.45, 2.75) is 25.9 Å². The van der Waals surface area contributed by atoms with Crippen molar-refractivity contribution in [1.29, 1.82) is 0 Å². The number of nitrogens with zero attached hydrogens (tertiary/aromatic N) is 2.